The molecular formula is C23H23Cl2N5. The third kappa shape index (κ3) is 2.70. The van der Waals surface area contributed by atoms with Crippen molar-refractivity contribution in [1.29, 1.82) is 0 Å². The molecule has 7 heteroatoms. The molecule has 0 fully saturated rings. The van der Waals surface area contributed by atoms with Crippen LogP contribution < -0.4 is 5.32 Å². The topological polar surface area (TPSA) is 61.4 Å². The predicted molar refractivity (Wildman–Crippen MR) is 131 cm³/mol. The van der Waals surface area contributed by atoms with Crippen LogP contribution in [-0.4, -0.2) is 33.3 Å². The molecule has 0 amide bonds. The van der Waals surface area contributed by atoms with Gasteiger partial charge in [-0.2, -0.15) is 0 Å². The van der Waals surface area contributed by atoms with E-state index >= 15 is 0 Å². The highest BCUT2D eigenvalue weighted by molar-refractivity contribution is 6.34. The minimum atomic E-state index is 0. The number of aromatic amines is 2. The molecule has 0 aliphatic rings. The van der Waals surface area contributed by atoms with Crippen molar-refractivity contribution < 1.29 is 0 Å². The molecule has 0 spiro atoms. The molecule has 3 heterocycles. The molecule has 0 aliphatic carbocycles. The average Bonchev–Trinajstić information content (AvgIpc) is 3.41. The third-order valence-electron chi connectivity index (χ3n) is 5.85. The van der Waals surface area contributed by atoms with Gasteiger partial charge in [-0.1, -0.05) is 36.4 Å². The van der Waals surface area contributed by atoms with Gasteiger partial charge in [0.05, 0.1) is 22.1 Å². The summed E-state index contributed by atoms with van der Waals surface area (Å²) >= 11 is 0. The van der Waals surface area contributed by atoms with E-state index in [1.165, 1.54) is 38.0 Å². The number of nitrogens with one attached hydrogen (secondary N) is 3. The van der Waals surface area contributed by atoms with Gasteiger partial charge in [0, 0.05) is 45.2 Å². The molecular weight excluding hydrogens is 417 g/mol. The van der Waals surface area contributed by atoms with Crippen molar-refractivity contribution in [3.05, 3.63) is 54.7 Å². The maximum absolute atomic E-state index is 5.09. The van der Waals surface area contributed by atoms with Crippen LogP contribution >= 0.6 is 24.8 Å². The van der Waals surface area contributed by atoms with E-state index in [9.17, 15) is 0 Å². The van der Waals surface area contributed by atoms with Gasteiger partial charge in [-0.3, -0.25) is 0 Å². The van der Waals surface area contributed by atoms with Crippen molar-refractivity contribution in [1.82, 2.24) is 25.1 Å². The second-order valence-electron chi connectivity index (χ2n) is 7.40. The van der Waals surface area contributed by atoms with E-state index in [2.05, 4.69) is 74.8 Å². The Morgan fingerprint density at radius 2 is 1.70 bits per heavy atom. The fraction of sp³-hybridized carbons (Fsp3) is 0.174. The molecule has 0 radical (unpaired) electrons. The maximum atomic E-state index is 5.09. The Morgan fingerprint density at radius 3 is 2.53 bits per heavy atom. The van der Waals surface area contributed by atoms with Crippen LogP contribution in [0.15, 0.2) is 54.7 Å². The first kappa shape index (κ1) is 20.5. The SMILES string of the molecule is CNCCCn1c2ccccc2c2c3c[nH][nH]c3c3c4ccccc4nc3c21.Cl.Cl. The highest BCUT2D eigenvalue weighted by Crippen LogP contribution is 2.42. The zero-order chi connectivity index (χ0) is 18.7. The van der Waals surface area contributed by atoms with Crippen molar-refractivity contribution in [3.8, 4) is 0 Å². The highest BCUT2D eigenvalue weighted by Gasteiger charge is 2.21. The lowest BCUT2D eigenvalue weighted by Crippen LogP contribution is -2.11. The summed E-state index contributed by atoms with van der Waals surface area (Å²) in [6.07, 6.45) is 3.16. The second-order valence-corrected chi connectivity index (χ2v) is 7.40. The largest absolute Gasteiger partial charge is 0.339 e. The van der Waals surface area contributed by atoms with Crippen molar-refractivity contribution in [2.24, 2.45) is 0 Å². The lowest BCUT2D eigenvalue weighted by atomic mass is 10.0. The minimum Gasteiger partial charge on any atom is -0.339 e. The molecule has 3 aromatic carbocycles. The van der Waals surface area contributed by atoms with E-state index in [0.717, 1.165) is 36.1 Å². The first-order chi connectivity index (χ1) is 13.9. The number of para-hydroxylation sites is 2. The van der Waals surface area contributed by atoms with Gasteiger partial charge in [0.15, 0.2) is 0 Å². The van der Waals surface area contributed by atoms with Gasteiger partial charge in [-0.05, 0) is 32.1 Å². The van der Waals surface area contributed by atoms with Crippen LogP contribution in [0.1, 0.15) is 6.42 Å². The first-order valence-electron chi connectivity index (χ1n) is 9.80. The number of H-pyrrole nitrogens is 2. The molecule has 154 valence electrons. The summed E-state index contributed by atoms with van der Waals surface area (Å²) < 4.78 is 2.46. The number of aromatic nitrogens is 4. The van der Waals surface area contributed by atoms with Crippen LogP contribution in [0.5, 0.6) is 0 Å². The molecule has 6 aromatic rings. The number of halogens is 2. The van der Waals surface area contributed by atoms with Crippen LogP contribution in [0, 0.1) is 0 Å². The average molecular weight is 440 g/mol. The van der Waals surface area contributed by atoms with E-state index < -0.39 is 0 Å². The lowest BCUT2D eigenvalue weighted by molar-refractivity contribution is 0.639. The molecule has 30 heavy (non-hydrogen) atoms. The normalized spacial score (nSPS) is 11.5. The summed E-state index contributed by atoms with van der Waals surface area (Å²) in [6, 6.07) is 17.1. The molecule has 5 nitrogen and oxygen atoms in total. The molecule has 3 aromatic heterocycles. The molecule has 0 saturated carbocycles. The molecule has 3 N–H and O–H groups in total. The lowest BCUT2D eigenvalue weighted by Gasteiger charge is -2.08. The monoisotopic (exact) mass is 439 g/mol. The van der Waals surface area contributed by atoms with E-state index in [0.29, 0.717) is 0 Å². The Kier molecular flexibility index (Phi) is 5.36. The Bertz CT molecular complexity index is 1490. The molecule has 0 aliphatic heterocycles. The smallest absolute Gasteiger partial charge is 0.0981 e. The van der Waals surface area contributed by atoms with Crippen LogP contribution in [0.25, 0.3) is 54.5 Å². The Morgan fingerprint density at radius 1 is 0.933 bits per heavy atom. The molecule has 0 saturated heterocycles. The molecule has 0 bridgehead atoms. The van der Waals surface area contributed by atoms with E-state index in [4.69, 9.17) is 4.98 Å². The fourth-order valence-electron chi connectivity index (χ4n) is 4.69. The molecule has 0 unspecified atom stereocenters. The number of aryl methyl sites for hydroxylation is 1. The second kappa shape index (κ2) is 7.84. The summed E-state index contributed by atoms with van der Waals surface area (Å²) in [5.41, 5.74) is 5.78. The minimum absolute atomic E-state index is 0. The molecule has 6 rings (SSSR count). The first-order valence-corrected chi connectivity index (χ1v) is 9.80. The number of nitrogens with zero attached hydrogens (tertiary/aromatic N) is 2. The maximum Gasteiger partial charge on any atom is 0.0981 e. The van der Waals surface area contributed by atoms with Crippen LogP contribution in [0.4, 0.5) is 0 Å². The third-order valence-corrected chi connectivity index (χ3v) is 5.85. The van der Waals surface area contributed by atoms with E-state index in [-0.39, 0.29) is 24.8 Å². The number of hydrogen-bond acceptors (Lipinski definition) is 2. The van der Waals surface area contributed by atoms with E-state index in [1.54, 1.807) is 0 Å². The Balaban J connectivity index is 0.00000109. The summed E-state index contributed by atoms with van der Waals surface area (Å²) in [6.45, 7) is 1.95. The fourth-order valence-corrected chi connectivity index (χ4v) is 4.69. The van der Waals surface area contributed by atoms with Gasteiger partial charge in [0.25, 0.3) is 0 Å². The summed E-state index contributed by atoms with van der Waals surface area (Å²) in [7, 11) is 2.01. The number of fused-ring (bicyclic) bond motifs is 10. The van der Waals surface area contributed by atoms with Gasteiger partial charge in [0.2, 0.25) is 0 Å². The highest BCUT2D eigenvalue weighted by atomic mass is 35.5. The number of rotatable bonds is 4. The zero-order valence-electron chi connectivity index (χ0n) is 16.5. The molecule has 0 atom stereocenters. The van der Waals surface area contributed by atoms with Gasteiger partial charge in [0.1, 0.15) is 0 Å². The standard InChI is InChI=1S/C23H21N5.2ClH/c1-24-11-6-12-28-18-10-5-3-8-15(18)19-16-13-25-27-21(16)20-14-7-2-4-9-17(14)26-22(20)23(19)28;;/h2-5,7-10,13,24-25,27H,6,11-12H2,1H3;2*1H. The summed E-state index contributed by atoms with van der Waals surface area (Å²) in [4.78, 5) is 5.09. The number of hydrogen-bond donors (Lipinski definition) is 3. The van der Waals surface area contributed by atoms with E-state index in [1.807, 2.05) is 7.05 Å². The Hall–Kier alpha value is -2.73. The van der Waals surface area contributed by atoms with Crippen LogP contribution in [-0.2, 0) is 6.54 Å². The van der Waals surface area contributed by atoms with Gasteiger partial charge < -0.3 is 20.1 Å². The van der Waals surface area contributed by atoms with Crippen LogP contribution in [0.3, 0.4) is 0 Å². The van der Waals surface area contributed by atoms with Crippen molar-refractivity contribution >= 4 is 79.3 Å². The van der Waals surface area contributed by atoms with Crippen molar-refractivity contribution in [2.75, 3.05) is 13.6 Å². The summed E-state index contributed by atoms with van der Waals surface area (Å²) in [5.74, 6) is 0. The predicted octanol–water partition coefficient (Wildman–Crippen LogP) is 5.76. The van der Waals surface area contributed by atoms with Gasteiger partial charge >= 0.3 is 0 Å². The van der Waals surface area contributed by atoms with Crippen molar-refractivity contribution in [3.63, 3.8) is 0 Å². The van der Waals surface area contributed by atoms with Crippen LogP contribution in [0.2, 0.25) is 0 Å². The quantitative estimate of drug-likeness (QED) is 0.305. The van der Waals surface area contributed by atoms with Gasteiger partial charge in [-0.15, -0.1) is 24.8 Å². The van der Waals surface area contributed by atoms with Gasteiger partial charge in [-0.25, -0.2) is 4.98 Å². The van der Waals surface area contributed by atoms with Crippen molar-refractivity contribution in [2.45, 2.75) is 13.0 Å². The zero-order valence-corrected chi connectivity index (χ0v) is 18.2. The Labute approximate surface area is 185 Å². The summed E-state index contributed by atoms with van der Waals surface area (Å²) in [5, 5.41) is 16.1. The number of benzene rings is 3.